The van der Waals surface area contributed by atoms with Gasteiger partial charge in [0.25, 0.3) is 0 Å². The molecular weight excluding hydrogens is 380 g/mol. The number of carbonyl (C=O) groups excluding carboxylic acids is 2. The first-order chi connectivity index (χ1) is 13.3. The lowest BCUT2D eigenvalue weighted by molar-refractivity contribution is -0.192. The molecule has 2 aliphatic carbocycles. The molecular formula is C21H27ClN2O4. The molecule has 0 spiro atoms. The van der Waals surface area contributed by atoms with Gasteiger partial charge in [0, 0.05) is 24.4 Å². The monoisotopic (exact) mass is 406 g/mol. The van der Waals surface area contributed by atoms with Crippen LogP contribution in [0.5, 0.6) is 0 Å². The Morgan fingerprint density at radius 3 is 2.50 bits per heavy atom. The molecule has 1 aromatic rings. The standard InChI is InChI=1S/C21H27ClN2O4/c22-17-9-16(6-5-15(17)10-24-7-1-2-8-24)21(27)12-20(13-21,18(23)25)19(26)28-11-14-3-4-14/h5-6,9,14,27H,1-4,7-8,10-13H2,(H2,23,25). The molecule has 0 unspecified atom stereocenters. The number of amides is 1. The average molecular weight is 407 g/mol. The van der Waals surface area contributed by atoms with Gasteiger partial charge in [-0.1, -0.05) is 23.7 Å². The van der Waals surface area contributed by atoms with Crippen molar-refractivity contribution in [3.05, 3.63) is 34.3 Å². The molecule has 6 nitrogen and oxygen atoms in total. The Morgan fingerprint density at radius 2 is 1.93 bits per heavy atom. The molecule has 0 atom stereocenters. The van der Waals surface area contributed by atoms with Crippen LogP contribution in [0.4, 0.5) is 0 Å². The van der Waals surface area contributed by atoms with Gasteiger partial charge in [0.05, 0.1) is 12.2 Å². The smallest absolute Gasteiger partial charge is 0.321 e. The van der Waals surface area contributed by atoms with E-state index >= 15 is 0 Å². The second-order valence-electron chi connectivity index (χ2n) is 8.66. The van der Waals surface area contributed by atoms with Crippen molar-refractivity contribution in [2.24, 2.45) is 17.1 Å². The summed E-state index contributed by atoms with van der Waals surface area (Å²) in [5.74, 6) is -0.960. The van der Waals surface area contributed by atoms with Gasteiger partial charge in [0.1, 0.15) is 0 Å². The summed E-state index contributed by atoms with van der Waals surface area (Å²) in [6.45, 7) is 3.26. The van der Waals surface area contributed by atoms with Crippen molar-refractivity contribution in [3.63, 3.8) is 0 Å². The van der Waals surface area contributed by atoms with Crippen molar-refractivity contribution in [1.29, 1.82) is 0 Å². The molecule has 1 saturated heterocycles. The summed E-state index contributed by atoms with van der Waals surface area (Å²) in [7, 11) is 0. The Hall–Kier alpha value is -1.63. The Bertz CT molecular complexity index is 781. The Morgan fingerprint density at radius 1 is 1.25 bits per heavy atom. The van der Waals surface area contributed by atoms with Crippen LogP contribution in [0.2, 0.25) is 5.02 Å². The van der Waals surface area contributed by atoms with Crippen molar-refractivity contribution in [3.8, 4) is 0 Å². The fraction of sp³-hybridized carbons (Fsp3) is 0.619. The molecule has 0 radical (unpaired) electrons. The van der Waals surface area contributed by atoms with Crippen molar-refractivity contribution >= 4 is 23.5 Å². The molecule has 1 aromatic carbocycles. The fourth-order valence-corrected chi connectivity index (χ4v) is 4.57. The molecule has 1 heterocycles. The van der Waals surface area contributed by atoms with Gasteiger partial charge in [0.15, 0.2) is 5.41 Å². The summed E-state index contributed by atoms with van der Waals surface area (Å²) in [6.07, 6.45) is 4.37. The van der Waals surface area contributed by atoms with Crippen LogP contribution in [0.1, 0.15) is 49.7 Å². The number of likely N-dealkylation sites (tertiary alicyclic amines) is 1. The quantitative estimate of drug-likeness (QED) is 0.535. The van der Waals surface area contributed by atoms with E-state index in [1.54, 1.807) is 6.07 Å². The van der Waals surface area contributed by atoms with Gasteiger partial charge < -0.3 is 15.6 Å². The third-order valence-corrected chi connectivity index (χ3v) is 6.73. The second-order valence-corrected chi connectivity index (χ2v) is 9.07. The number of carbonyl (C=O) groups is 2. The number of primary amides is 1. The summed E-state index contributed by atoms with van der Waals surface area (Å²) in [5, 5.41) is 11.6. The van der Waals surface area contributed by atoms with E-state index in [1.165, 1.54) is 12.8 Å². The number of esters is 1. The molecule has 3 aliphatic rings. The molecule has 4 rings (SSSR count). The number of benzene rings is 1. The van der Waals surface area contributed by atoms with Crippen LogP contribution in [0.25, 0.3) is 0 Å². The molecule has 1 amide bonds. The van der Waals surface area contributed by atoms with E-state index in [2.05, 4.69) is 4.90 Å². The third kappa shape index (κ3) is 3.65. The van der Waals surface area contributed by atoms with Gasteiger partial charge in [-0.3, -0.25) is 14.5 Å². The predicted molar refractivity (Wildman–Crippen MR) is 104 cm³/mol. The maximum atomic E-state index is 12.5. The zero-order valence-electron chi connectivity index (χ0n) is 16.0. The van der Waals surface area contributed by atoms with Crippen LogP contribution in [0.3, 0.4) is 0 Å². The van der Waals surface area contributed by atoms with E-state index in [9.17, 15) is 14.7 Å². The maximum Gasteiger partial charge on any atom is 0.321 e. The van der Waals surface area contributed by atoms with Crippen LogP contribution >= 0.6 is 11.6 Å². The van der Waals surface area contributed by atoms with Crippen molar-refractivity contribution in [2.75, 3.05) is 19.7 Å². The van der Waals surface area contributed by atoms with E-state index < -0.39 is 22.9 Å². The summed E-state index contributed by atoms with van der Waals surface area (Å²) >= 11 is 6.46. The molecule has 7 heteroatoms. The summed E-state index contributed by atoms with van der Waals surface area (Å²) in [5.41, 5.74) is 4.38. The molecule has 28 heavy (non-hydrogen) atoms. The highest BCUT2D eigenvalue weighted by atomic mass is 35.5. The largest absolute Gasteiger partial charge is 0.465 e. The SMILES string of the molecule is NC(=O)C1(C(=O)OCC2CC2)CC(O)(c2ccc(CN3CCCC3)c(Cl)c2)C1. The van der Waals surface area contributed by atoms with E-state index in [0.717, 1.165) is 38.0 Å². The highest BCUT2D eigenvalue weighted by Crippen LogP contribution is 2.55. The minimum Gasteiger partial charge on any atom is -0.465 e. The van der Waals surface area contributed by atoms with E-state index in [4.69, 9.17) is 22.1 Å². The zero-order chi connectivity index (χ0) is 19.9. The molecule has 0 bridgehead atoms. The van der Waals surface area contributed by atoms with Gasteiger partial charge in [-0.2, -0.15) is 0 Å². The normalized spacial score (nSPS) is 30.1. The number of hydrogen-bond acceptors (Lipinski definition) is 5. The number of hydrogen-bond donors (Lipinski definition) is 2. The first-order valence-corrected chi connectivity index (χ1v) is 10.4. The average Bonchev–Trinajstić information content (AvgIpc) is 3.32. The van der Waals surface area contributed by atoms with E-state index in [0.29, 0.717) is 23.1 Å². The van der Waals surface area contributed by atoms with E-state index in [-0.39, 0.29) is 12.8 Å². The van der Waals surface area contributed by atoms with Gasteiger partial charge in [0.2, 0.25) is 5.91 Å². The van der Waals surface area contributed by atoms with Crippen molar-refractivity contribution in [2.45, 2.75) is 50.7 Å². The fourth-order valence-electron chi connectivity index (χ4n) is 4.33. The van der Waals surface area contributed by atoms with Crippen LogP contribution in [-0.2, 0) is 26.5 Å². The maximum absolute atomic E-state index is 12.5. The van der Waals surface area contributed by atoms with Crippen molar-refractivity contribution in [1.82, 2.24) is 4.90 Å². The van der Waals surface area contributed by atoms with Crippen LogP contribution in [-0.4, -0.2) is 41.6 Å². The van der Waals surface area contributed by atoms with E-state index in [1.807, 2.05) is 12.1 Å². The summed E-state index contributed by atoms with van der Waals surface area (Å²) in [6, 6.07) is 5.49. The molecule has 3 fully saturated rings. The minimum absolute atomic E-state index is 0.0688. The predicted octanol–water partition coefficient (Wildman–Crippen LogP) is 2.34. The highest BCUT2D eigenvalue weighted by molar-refractivity contribution is 6.31. The zero-order valence-corrected chi connectivity index (χ0v) is 16.7. The third-order valence-electron chi connectivity index (χ3n) is 6.38. The van der Waals surface area contributed by atoms with Crippen LogP contribution in [0.15, 0.2) is 18.2 Å². The Labute approximate surface area is 170 Å². The lowest BCUT2D eigenvalue weighted by atomic mass is 9.56. The molecule has 3 N–H and O–H groups in total. The van der Waals surface area contributed by atoms with Gasteiger partial charge in [-0.25, -0.2) is 0 Å². The van der Waals surface area contributed by atoms with Crippen LogP contribution < -0.4 is 5.73 Å². The van der Waals surface area contributed by atoms with Gasteiger partial charge in [-0.05, 0) is 61.9 Å². The number of aliphatic hydroxyl groups is 1. The first kappa shape index (κ1) is 19.7. The topological polar surface area (TPSA) is 92.9 Å². The lowest BCUT2D eigenvalue weighted by Gasteiger charge is -2.49. The number of ether oxygens (including phenoxy) is 1. The summed E-state index contributed by atoms with van der Waals surface area (Å²) in [4.78, 5) is 26.9. The number of halogens is 1. The Balaban J connectivity index is 1.45. The van der Waals surface area contributed by atoms with Gasteiger partial charge in [-0.15, -0.1) is 0 Å². The Kier molecular flexibility index (Phi) is 5.14. The highest BCUT2D eigenvalue weighted by Gasteiger charge is 2.64. The van der Waals surface area contributed by atoms with Gasteiger partial charge >= 0.3 is 5.97 Å². The number of nitrogens with two attached hydrogens (primary N) is 1. The summed E-state index contributed by atoms with van der Waals surface area (Å²) < 4.78 is 5.30. The number of rotatable bonds is 7. The molecule has 152 valence electrons. The molecule has 0 aromatic heterocycles. The van der Waals surface area contributed by atoms with Crippen LogP contribution in [0, 0.1) is 11.3 Å². The minimum atomic E-state index is -1.45. The number of nitrogens with zero attached hydrogens (tertiary/aromatic N) is 1. The lowest BCUT2D eigenvalue weighted by Crippen LogP contribution is -2.60. The second kappa shape index (κ2) is 7.32. The molecule has 1 aliphatic heterocycles. The van der Waals surface area contributed by atoms with Crippen molar-refractivity contribution < 1.29 is 19.4 Å². The first-order valence-electron chi connectivity index (χ1n) is 10.0. The molecule has 2 saturated carbocycles.